The van der Waals surface area contributed by atoms with E-state index in [-0.39, 0.29) is 17.0 Å². The smallest absolute Gasteiger partial charge is 0.416 e. The van der Waals surface area contributed by atoms with Crippen LogP contribution in [-0.2, 0) is 15.7 Å². The summed E-state index contributed by atoms with van der Waals surface area (Å²) >= 11 is 0. The van der Waals surface area contributed by atoms with Crippen molar-refractivity contribution in [3.63, 3.8) is 0 Å². The highest BCUT2D eigenvalue weighted by Gasteiger charge is 2.30. The maximum Gasteiger partial charge on any atom is 0.416 e. The molecule has 0 heterocycles. The van der Waals surface area contributed by atoms with Crippen molar-refractivity contribution in [2.24, 2.45) is 0 Å². The summed E-state index contributed by atoms with van der Waals surface area (Å²) in [6.07, 6.45) is -4.55. The van der Waals surface area contributed by atoms with Crippen molar-refractivity contribution in [2.75, 3.05) is 13.2 Å². The quantitative estimate of drug-likeness (QED) is 0.306. The summed E-state index contributed by atoms with van der Waals surface area (Å²) in [6, 6.07) is 7.76. The van der Waals surface area contributed by atoms with Crippen LogP contribution in [0.15, 0.2) is 42.5 Å². The average Bonchev–Trinajstić information content (AvgIpc) is 2.64. The molecule has 2 aromatic rings. The van der Waals surface area contributed by atoms with Crippen molar-refractivity contribution in [1.82, 2.24) is 0 Å². The first-order valence-electron chi connectivity index (χ1n) is 7.82. The molecular formula is C18H14F3NO6. The highest BCUT2D eigenvalue weighted by Crippen LogP contribution is 2.31. The maximum atomic E-state index is 12.6. The summed E-state index contributed by atoms with van der Waals surface area (Å²) < 4.78 is 47.5. The third kappa shape index (κ3) is 5.53. The molecule has 0 aliphatic heterocycles. The minimum absolute atomic E-state index is 0.0103. The minimum Gasteiger partial charge on any atom is -0.482 e. The van der Waals surface area contributed by atoms with Crippen LogP contribution in [0.25, 0.3) is 0 Å². The number of ether oxygens (including phenoxy) is 2. The van der Waals surface area contributed by atoms with Crippen molar-refractivity contribution >= 4 is 17.4 Å². The lowest BCUT2D eigenvalue weighted by atomic mass is 10.1. The van der Waals surface area contributed by atoms with Crippen molar-refractivity contribution in [3.05, 3.63) is 69.3 Å². The van der Waals surface area contributed by atoms with Crippen molar-refractivity contribution in [3.8, 4) is 5.75 Å². The number of nitrogens with zero attached hydrogens (tertiary/aromatic N) is 1. The predicted octanol–water partition coefficient (Wildman–Crippen LogP) is 3.73. The van der Waals surface area contributed by atoms with Gasteiger partial charge in [-0.05, 0) is 25.1 Å². The topological polar surface area (TPSA) is 95.7 Å². The zero-order chi connectivity index (χ0) is 20.9. The van der Waals surface area contributed by atoms with Gasteiger partial charge < -0.3 is 9.47 Å². The van der Waals surface area contributed by atoms with E-state index in [2.05, 4.69) is 0 Å². The van der Waals surface area contributed by atoms with Gasteiger partial charge in [0.05, 0.1) is 10.5 Å². The molecule has 28 heavy (non-hydrogen) atoms. The van der Waals surface area contributed by atoms with Crippen LogP contribution in [0.5, 0.6) is 5.75 Å². The Balaban J connectivity index is 1.90. The molecule has 148 valence electrons. The zero-order valence-electron chi connectivity index (χ0n) is 14.5. The normalized spacial score (nSPS) is 11.0. The minimum atomic E-state index is -4.55. The monoisotopic (exact) mass is 397 g/mol. The number of nitro benzene ring substituents is 1. The lowest BCUT2D eigenvalue weighted by Gasteiger charge is -2.10. The second-order valence-electron chi connectivity index (χ2n) is 5.66. The van der Waals surface area contributed by atoms with Gasteiger partial charge in [-0.1, -0.05) is 18.2 Å². The molecule has 0 saturated heterocycles. The van der Waals surface area contributed by atoms with Crippen LogP contribution in [0, 0.1) is 17.0 Å². The van der Waals surface area contributed by atoms with Crippen LogP contribution < -0.4 is 4.74 Å². The number of nitro groups is 1. The second-order valence-corrected chi connectivity index (χ2v) is 5.66. The fourth-order valence-corrected chi connectivity index (χ4v) is 2.16. The number of Topliss-reactive ketones (excluding diaryl/α,β-unsaturated/α-hetero) is 1. The van der Waals surface area contributed by atoms with E-state index in [1.807, 2.05) is 0 Å². The van der Waals surface area contributed by atoms with E-state index < -0.39 is 41.6 Å². The molecule has 0 radical (unpaired) electrons. The van der Waals surface area contributed by atoms with Gasteiger partial charge in [-0.15, -0.1) is 0 Å². The third-order valence-electron chi connectivity index (χ3n) is 3.61. The summed E-state index contributed by atoms with van der Waals surface area (Å²) in [5.74, 6) is -1.84. The van der Waals surface area contributed by atoms with E-state index in [0.29, 0.717) is 5.56 Å². The van der Waals surface area contributed by atoms with Crippen molar-refractivity contribution < 1.29 is 37.2 Å². The molecule has 0 bridgehead atoms. The molecular weight excluding hydrogens is 383 g/mol. The van der Waals surface area contributed by atoms with E-state index in [1.165, 1.54) is 25.1 Å². The van der Waals surface area contributed by atoms with E-state index in [9.17, 15) is 32.9 Å². The molecule has 7 nitrogen and oxygen atoms in total. The Labute approximate surface area is 156 Å². The Bertz CT molecular complexity index is 910. The standard InChI is InChI=1S/C18H14F3NO6/c1-11-5-6-12(7-15(11)22(25)26)16(23)9-28-17(24)10-27-14-4-2-3-13(8-14)18(19,20)21/h2-8H,9-10H2,1H3. The lowest BCUT2D eigenvalue weighted by molar-refractivity contribution is -0.385. The van der Waals surface area contributed by atoms with Gasteiger partial charge in [-0.3, -0.25) is 14.9 Å². The Hall–Kier alpha value is -3.43. The molecule has 0 aliphatic rings. The molecule has 0 spiro atoms. The van der Waals surface area contributed by atoms with E-state index in [1.54, 1.807) is 0 Å². The summed E-state index contributed by atoms with van der Waals surface area (Å²) in [5, 5.41) is 10.9. The highest BCUT2D eigenvalue weighted by atomic mass is 19.4. The molecule has 0 amide bonds. The van der Waals surface area contributed by atoms with Crippen LogP contribution in [0.3, 0.4) is 0 Å². The van der Waals surface area contributed by atoms with E-state index in [0.717, 1.165) is 24.3 Å². The number of esters is 1. The Morgan fingerprint density at radius 3 is 2.46 bits per heavy atom. The van der Waals surface area contributed by atoms with Crippen LogP contribution in [0.1, 0.15) is 21.5 Å². The fourth-order valence-electron chi connectivity index (χ4n) is 2.16. The molecule has 10 heteroatoms. The van der Waals surface area contributed by atoms with Gasteiger partial charge in [0, 0.05) is 17.2 Å². The SMILES string of the molecule is Cc1ccc(C(=O)COC(=O)COc2cccc(C(F)(F)F)c2)cc1[N+](=O)[O-]. The van der Waals surface area contributed by atoms with Gasteiger partial charge in [0.1, 0.15) is 5.75 Å². The zero-order valence-corrected chi connectivity index (χ0v) is 14.5. The summed E-state index contributed by atoms with van der Waals surface area (Å²) in [6.45, 7) is 0.116. The van der Waals surface area contributed by atoms with Gasteiger partial charge in [-0.25, -0.2) is 4.79 Å². The van der Waals surface area contributed by atoms with E-state index in [4.69, 9.17) is 9.47 Å². The van der Waals surface area contributed by atoms with Gasteiger partial charge in [0.15, 0.2) is 13.2 Å². The number of carbonyl (C=O) groups excluding carboxylic acids is 2. The molecule has 0 aromatic heterocycles. The number of benzene rings is 2. The first-order valence-corrected chi connectivity index (χ1v) is 7.82. The maximum absolute atomic E-state index is 12.6. The Kier molecular flexibility index (Phi) is 6.34. The van der Waals surface area contributed by atoms with Crippen molar-refractivity contribution in [2.45, 2.75) is 13.1 Å². The number of alkyl halides is 3. The van der Waals surface area contributed by atoms with Crippen molar-refractivity contribution in [1.29, 1.82) is 0 Å². The van der Waals surface area contributed by atoms with E-state index >= 15 is 0 Å². The van der Waals surface area contributed by atoms with Crippen LogP contribution in [0.2, 0.25) is 0 Å². The van der Waals surface area contributed by atoms with Gasteiger partial charge in [0.25, 0.3) is 5.69 Å². The average molecular weight is 397 g/mol. The molecule has 0 fully saturated rings. The lowest BCUT2D eigenvalue weighted by Crippen LogP contribution is -2.19. The molecule has 0 atom stereocenters. The predicted molar refractivity (Wildman–Crippen MR) is 90.1 cm³/mol. The largest absolute Gasteiger partial charge is 0.482 e. The van der Waals surface area contributed by atoms with Crippen LogP contribution >= 0.6 is 0 Å². The molecule has 0 unspecified atom stereocenters. The summed E-state index contributed by atoms with van der Waals surface area (Å²) in [4.78, 5) is 33.9. The number of ketones is 1. The highest BCUT2D eigenvalue weighted by molar-refractivity contribution is 5.98. The Morgan fingerprint density at radius 2 is 1.82 bits per heavy atom. The summed E-state index contributed by atoms with van der Waals surface area (Å²) in [7, 11) is 0. The third-order valence-corrected chi connectivity index (χ3v) is 3.61. The van der Waals surface area contributed by atoms with Crippen LogP contribution in [0.4, 0.5) is 18.9 Å². The second kappa shape index (κ2) is 8.51. The number of rotatable bonds is 7. The molecule has 2 rings (SSSR count). The molecule has 0 N–H and O–H groups in total. The first kappa shape index (κ1) is 20.9. The molecule has 0 saturated carbocycles. The summed E-state index contributed by atoms with van der Waals surface area (Å²) in [5.41, 5.74) is -0.823. The molecule has 2 aromatic carbocycles. The van der Waals surface area contributed by atoms with Gasteiger partial charge in [0.2, 0.25) is 5.78 Å². The number of halogens is 3. The fraction of sp³-hybridized carbons (Fsp3) is 0.222. The first-order chi connectivity index (χ1) is 13.1. The molecule has 0 aliphatic carbocycles. The van der Waals surface area contributed by atoms with Crippen LogP contribution in [-0.4, -0.2) is 29.9 Å². The number of carbonyl (C=O) groups is 2. The number of aryl methyl sites for hydroxylation is 1. The van der Waals surface area contributed by atoms with Gasteiger partial charge >= 0.3 is 12.1 Å². The Morgan fingerprint density at radius 1 is 1.11 bits per heavy atom. The van der Waals surface area contributed by atoms with Gasteiger partial charge in [-0.2, -0.15) is 13.2 Å². The number of hydrogen-bond acceptors (Lipinski definition) is 6. The number of hydrogen-bond donors (Lipinski definition) is 0.